The Hall–Kier alpha value is -2.84. The highest BCUT2D eigenvalue weighted by Gasteiger charge is 2.25. The Labute approximate surface area is 143 Å². The molecule has 0 saturated carbocycles. The number of anilines is 1. The van der Waals surface area contributed by atoms with E-state index in [1.54, 1.807) is 18.7 Å². The number of amides is 1. The molecule has 1 amide bonds. The summed E-state index contributed by atoms with van der Waals surface area (Å²) in [6, 6.07) is 0. The molecule has 2 aromatic heterocycles. The minimum absolute atomic E-state index is 0.150. The number of H-pyrrole nitrogens is 1. The molecule has 0 radical (unpaired) electrons. The molecule has 3 rings (SSSR count). The standard InChI is InChI=1S/C16H19FN6O2/c1-10(2)13-12(17)14(24)21-16(20-13)23-7-5-22(6-8-23)15(25)11-9-18-3-4-19-11/h3-4,9-10H,5-8H2,1-2H3,(H,20,21,24). The maximum absolute atomic E-state index is 13.9. The van der Waals surface area contributed by atoms with Crippen LogP contribution in [0.4, 0.5) is 10.3 Å². The third-order valence-electron chi connectivity index (χ3n) is 4.07. The Bertz CT molecular complexity index is 815. The minimum atomic E-state index is -0.838. The largest absolute Gasteiger partial charge is 0.339 e. The number of carbonyl (C=O) groups is 1. The number of carbonyl (C=O) groups excluding carboxylic acids is 1. The van der Waals surface area contributed by atoms with Crippen LogP contribution in [-0.4, -0.2) is 56.9 Å². The molecule has 3 heterocycles. The van der Waals surface area contributed by atoms with E-state index in [2.05, 4.69) is 19.9 Å². The van der Waals surface area contributed by atoms with Crippen molar-refractivity contribution in [2.75, 3.05) is 31.1 Å². The van der Waals surface area contributed by atoms with E-state index in [0.29, 0.717) is 37.8 Å². The normalized spacial score (nSPS) is 14.9. The third-order valence-corrected chi connectivity index (χ3v) is 4.07. The van der Waals surface area contributed by atoms with E-state index in [4.69, 9.17) is 0 Å². The van der Waals surface area contributed by atoms with Crippen LogP contribution in [0.15, 0.2) is 23.4 Å². The van der Waals surface area contributed by atoms with Gasteiger partial charge in [0, 0.05) is 38.6 Å². The van der Waals surface area contributed by atoms with Gasteiger partial charge in [0.25, 0.3) is 11.5 Å². The van der Waals surface area contributed by atoms with Gasteiger partial charge in [-0.25, -0.2) is 9.97 Å². The van der Waals surface area contributed by atoms with Crippen molar-refractivity contribution in [3.63, 3.8) is 0 Å². The van der Waals surface area contributed by atoms with Gasteiger partial charge in [-0.05, 0) is 5.92 Å². The first-order valence-electron chi connectivity index (χ1n) is 8.07. The molecular formula is C16H19FN6O2. The van der Waals surface area contributed by atoms with Crippen molar-refractivity contribution >= 4 is 11.9 Å². The van der Waals surface area contributed by atoms with Gasteiger partial charge in [-0.15, -0.1) is 0 Å². The maximum atomic E-state index is 13.9. The van der Waals surface area contributed by atoms with Crippen molar-refractivity contribution in [3.8, 4) is 0 Å². The van der Waals surface area contributed by atoms with Gasteiger partial charge in [-0.3, -0.25) is 19.6 Å². The topological polar surface area (TPSA) is 95.1 Å². The van der Waals surface area contributed by atoms with Gasteiger partial charge in [0.15, 0.2) is 0 Å². The van der Waals surface area contributed by atoms with Crippen LogP contribution in [0.25, 0.3) is 0 Å². The van der Waals surface area contributed by atoms with E-state index in [1.807, 2.05) is 4.90 Å². The lowest BCUT2D eigenvalue weighted by atomic mass is 10.1. The van der Waals surface area contributed by atoms with Crippen molar-refractivity contribution in [1.29, 1.82) is 0 Å². The first-order valence-corrected chi connectivity index (χ1v) is 8.07. The lowest BCUT2D eigenvalue weighted by Gasteiger charge is -2.34. The predicted octanol–water partition coefficient (Wildman–Crippen LogP) is 0.785. The van der Waals surface area contributed by atoms with Crippen molar-refractivity contribution < 1.29 is 9.18 Å². The highest BCUT2D eigenvalue weighted by Crippen LogP contribution is 2.17. The van der Waals surface area contributed by atoms with Crippen molar-refractivity contribution in [2.45, 2.75) is 19.8 Å². The van der Waals surface area contributed by atoms with Gasteiger partial charge in [0.2, 0.25) is 11.8 Å². The molecule has 1 aliphatic rings. The summed E-state index contributed by atoms with van der Waals surface area (Å²) in [6.45, 7) is 5.44. The summed E-state index contributed by atoms with van der Waals surface area (Å²) in [5.74, 6) is -0.881. The zero-order valence-corrected chi connectivity index (χ0v) is 14.1. The molecule has 2 aromatic rings. The molecule has 1 N–H and O–H groups in total. The summed E-state index contributed by atoms with van der Waals surface area (Å²) in [6.07, 6.45) is 4.42. The molecule has 9 heteroatoms. The summed E-state index contributed by atoms with van der Waals surface area (Å²) >= 11 is 0. The van der Waals surface area contributed by atoms with Crippen LogP contribution in [0.5, 0.6) is 0 Å². The smallest absolute Gasteiger partial charge is 0.288 e. The quantitative estimate of drug-likeness (QED) is 0.883. The molecule has 1 fully saturated rings. The number of aromatic amines is 1. The number of rotatable bonds is 3. The van der Waals surface area contributed by atoms with E-state index < -0.39 is 11.4 Å². The average Bonchev–Trinajstić information content (AvgIpc) is 2.64. The zero-order valence-electron chi connectivity index (χ0n) is 14.1. The Morgan fingerprint density at radius 3 is 2.56 bits per heavy atom. The van der Waals surface area contributed by atoms with Crippen LogP contribution in [-0.2, 0) is 0 Å². The lowest BCUT2D eigenvalue weighted by molar-refractivity contribution is 0.0740. The molecule has 0 aliphatic carbocycles. The lowest BCUT2D eigenvalue weighted by Crippen LogP contribution is -2.49. The van der Waals surface area contributed by atoms with Crippen LogP contribution >= 0.6 is 0 Å². The van der Waals surface area contributed by atoms with Crippen LogP contribution in [0.1, 0.15) is 35.9 Å². The van der Waals surface area contributed by atoms with E-state index in [-0.39, 0.29) is 17.5 Å². The number of aromatic nitrogens is 4. The van der Waals surface area contributed by atoms with E-state index in [0.717, 1.165) is 0 Å². The second-order valence-electron chi connectivity index (χ2n) is 6.11. The second-order valence-corrected chi connectivity index (χ2v) is 6.11. The number of nitrogens with one attached hydrogen (secondary N) is 1. The Balaban J connectivity index is 1.73. The number of hydrogen-bond donors (Lipinski definition) is 1. The van der Waals surface area contributed by atoms with Gasteiger partial charge in [-0.2, -0.15) is 4.39 Å². The van der Waals surface area contributed by atoms with Crippen LogP contribution in [0.3, 0.4) is 0 Å². The Morgan fingerprint density at radius 2 is 1.96 bits per heavy atom. The molecule has 132 valence electrons. The molecule has 0 aromatic carbocycles. The summed E-state index contributed by atoms with van der Waals surface area (Å²) in [7, 11) is 0. The van der Waals surface area contributed by atoms with Crippen LogP contribution in [0.2, 0.25) is 0 Å². The van der Waals surface area contributed by atoms with Crippen LogP contribution in [0, 0.1) is 5.82 Å². The summed E-state index contributed by atoms with van der Waals surface area (Å²) in [4.78, 5) is 42.3. The average molecular weight is 346 g/mol. The molecule has 0 bridgehead atoms. The van der Waals surface area contributed by atoms with E-state index >= 15 is 0 Å². The Kier molecular flexibility index (Phi) is 4.73. The fourth-order valence-corrected chi connectivity index (χ4v) is 2.69. The van der Waals surface area contributed by atoms with Gasteiger partial charge >= 0.3 is 0 Å². The van der Waals surface area contributed by atoms with Crippen molar-refractivity contribution in [1.82, 2.24) is 24.8 Å². The van der Waals surface area contributed by atoms with Crippen molar-refractivity contribution in [2.24, 2.45) is 0 Å². The summed E-state index contributed by atoms with van der Waals surface area (Å²) in [5.41, 5.74) is -0.324. The minimum Gasteiger partial charge on any atom is -0.339 e. The fourth-order valence-electron chi connectivity index (χ4n) is 2.69. The van der Waals surface area contributed by atoms with E-state index in [1.165, 1.54) is 18.6 Å². The van der Waals surface area contributed by atoms with Crippen molar-refractivity contribution in [3.05, 3.63) is 46.1 Å². The van der Waals surface area contributed by atoms with Crippen LogP contribution < -0.4 is 10.5 Å². The molecule has 0 unspecified atom stereocenters. The fraction of sp³-hybridized carbons (Fsp3) is 0.438. The molecule has 1 saturated heterocycles. The van der Waals surface area contributed by atoms with Gasteiger partial charge in [-0.1, -0.05) is 13.8 Å². The molecular weight excluding hydrogens is 327 g/mol. The summed E-state index contributed by atoms with van der Waals surface area (Å²) in [5, 5.41) is 0. The molecule has 8 nitrogen and oxygen atoms in total. The maximum Gasteiger partial charge on any atom is 0.288 e. The highest BCUT2D eigenvalue weighted by molar-refractivity contribution is 5.92. The molecule has 25 heavy (non-hydrogen) atoms. The van der Waals surface area contributed by atoms with Gasteiger partial charge < -0.3 is 9.80 Å². The zero-order chi connectivity index (χ0) is 18.0. The number of hydrogen-bond acceptors (Lipinski definition) is 6. The summed E-state index contributed by atoms with van der Waals surface area (Å²) < 4.78 is 13.9. The van der Waals surface area contributed by atoms with Gasteiger partial charge in [0.1, 0.15) is 5.69 Å². The number of piperazine rings is 1. The molecule has 1 aliphatic heterocycles. The molecule has 0 atom stereocenters. The van der Waals surface area contributed by atoms with Gasteiger partial charge in [0.05, 0.1) is 11.9 Å². The highest BCUT2D eigenvalue weighted by atomic mass is 19.1. The second kappa shape index (κ2) is 6.96. The third kappa shape index (κ3) is 3.49. The number of nitrogens with zero attached hydrogens (tertiary/aromatic N) is 5. The first-order chi connectivity index (χ1) is 12.0. The SMILES string of the molecule is CC(C)c1nc(N2CCN(C(=O)c3cnccn3)CC2)[nH]c(=O)c1F. The predicted molar refractivity (Wildman–Crippen MR) is 89.1 cm³/mol. The monoisotopic (exact) mass is 346 g/mol. The van der Waals surface area contributed by atoms with E-state index in [9.17, 15) is 14.0 Å². The Morgan fingerprint density at radius 1 is 1.24 bits per heavy atom. The number of halogens is 1. The first kappa shape index (κ1) is 17.0. The molecule has 0 spiro atoms.